The molecule has 5 nitrogen and oxygen atoms in total. The van der Waals surface area contributed by atoms with Gasteiger partial charge in [0.15, 0.2) is 0 Å². The van der Waals surface area contributed by atoms with Gasteiger partial charge in [0.25, 0.3) is 5.69 Å². The minimum absolute atomic E-state index is 0.0518. The molecule has 0 saturated carbocycles. The van der Waals surface area contributed by atoms with Crippen LogP contribution in [0.1, 0.15) is 24.0 Å². The largest absolute Gasteiger partial charge is 0.481 e. The van der Waals surface area contributed by atoms with Gasteiger partial charge in [-0.2, -0.15) is 0 Å². The van der Waals surface area contributed by atoms with Gasteiger partial charge in [0.05, 0.1) is 4.92 Å². The first-order valence-electron chi connectivity index (χ1n) is 4.96. The third kappa shape index (κ3) is 3.34. The molecule has 1 N–H and O–H groups in total. The summed E-state index contributed by atoms with van der Waals surface area (Å²) in [7, 11) is 0. The average molecular weight is 223 g/mol. The highest BCUT2D eigenvalue weighted by Crippen LogP contribution is 2.18. The lowest BCUT2D eigenvalue weighted by molar-refractivity contribution is -0.384. The van der Waals surface area contributed by atoms with Crippen LogP contribution in [0.3, 0.4) is 0 Å². The molecule has 0 radical (unpaired) electrons. The molecule has 0 spiro atoms. The zero-order chi connectivity index (χ0) is 12.1. The van der Waals surface area contributed by atoms with Crippen LogP contribution in [0.5, 0.6) is 0 Å². The van der Waals surface area contributed by atoms with Gasteiger partial charge < -0.3 is 5.11 Å². The fraction of sp³-hybridized carbons (Fsp3) is 0.364. The Morgan fingerprint density at radius 2 is 2.19 bits per heavy atom. The molecule has 1 aromatic carbocycles. The van der Waals surface area contributed by atoms with Gasteiger partial charge in [0, 0.05) is 18.6 Å². The van der Waals surface area contributed by atoms with E-state index in [0.717, 1.165) is 11.1 Å². The molecule has 0 aliphatic heterocycles. The minimum atomic E-state index is -0.844. The number of carboxylic acid groups (broad SMARTS) is 1. The summed E-state index contributed by atoms with van der Waals surface area (Å²) >= 11 is 0. The summed E-state index contributed by atoms with van der Waals surface area (Å²) in [4.78, 5) is 20.5. The summed E-state index contributed by atoms with van der Waals surface area (Å²) in [5.41, 5.74) is 1.85. The number of nitro groups is 1. The molecule has 16 heavy (non-hydrogen) atoms. The lowest BCUT2D eigenvalue weighted by atomic mass is 10.0. The molecule has 0 heterocycles. The van der Waals surface area contributed by atoms with E-state index in [0.29, 0.717) is 12.8 Å². The Morgan fingerprint density at radius 3 is 2.75 bits per heavy atom. The number of aryl methyl sites for hydroxylation is 2. The number of carbonyl (C=O) groups is 1. The van der Waals surface area contributed by atoms with Crippen molar-refractivity contribution >= 4 is 11.7 Å². The molecule has 0 fully saturated rings. The van der Waals surface area contributed by atoms with Crippen molar-refractivity contribution in [2.45, 2.75) is 26.2 Å². The van der Waals surface area contributed by atoms with Gasteiger partial charge in [0.1, 0.15) is 0 Å². The number of nitro benzene ring substituents is 1. The Hall–Kier alpha value is -1.91. The minimum Gasteiger partial charge on any atom is -0.481 e. The maximum Gasteiger partial charge on any atom is 0.303 e. The molecule has 0 saturated heterocycles. The van der Waals surface area contributed by atoms with Gasteiger partial charge >= 0.3 is 5.97 Å². The first-order valence-corrected chi connectivity index (χ1v) is 4.96. The summed E-state index contributed by atoms with van der Waals surface area (Å²) < 4.78 is 0. The molecule has 1 rings (SSSR count). The third-order valence-electron chi connectivity index (χ3n) is 2.38. The van der Waals surface area contributed by atoms with Gasteiger partial charge in [-0.15, -0.1) is 0 Å². The van der Waals surface area contributed by atoms with Crippen molar-refractivity contribution in [3.05, 3.63) is 39.4 Å². The van der Waals surface area contributed by atoms with Gasteiger partial charge in [-0.25, -0.2) is 0 Å². The predicted molar refractivity (Wildman–Crippen MR) is 58.4 cm³/mol. The quantitative estimate of drug-likeness (QED) is 0.613. The van der Waals surface area contributed by atoms with E-state index in [2.05, 4.69) is 0 Å². The van der Waals surface area contributed by atoms with Crippen molar-refractivity contribution in [2.24, 2.45) is 0 Å². The Kier molecular flexibility index (Phi) is 3.99. The fourth-order valence-electron chi connectivity index (χ4n) is 1.47. The summed E-state index contributed by atoms with van der Waals surface area (Å²) in [6.45, 7) is 1.86. The molecule has 0 unspecified atom stereocenters. The molecule has 0 aliphatic rings. The fourth-order valence-corrected chi connectivity index (χ4v) is 1.47. The van der Waals surface area contributed by atoms with Crippen LogP contribution in [0.15, 0.2) is 18.2 Å². The van der Waals surface area contributed by atoms with Crippen molar-refractivity contribution in [1.82, 2.24) is 0 Å². The molecular weight excluding hydrogens is 210 g/mol. The van der Waals surface area contributed by atoms with E-state index in [1.165, 1.54) is 12.1 Å². The Labute approximate surface area is 92.9 Å². The van der Waals surface area contributed by atoms with Crippen LogP contribution in [0.2, 0.25) is 0 Å². The number of non-ortho nitro benzene ring substituents is 1. The van der Waals surface area contributed by atoms with Crippen molar-refractivity contribution < 1.29 is 14.8 Å². The molecule has 5 heteroatoms. The Balaban J connectivity index is 2.74. The average Bonchev–Trinajstić information content (AvgIpc) is 2.20. The zero-order valence-corrected chi connectivity index (χ0v) is 8.97. The van der Waals surface area contributed by atoms with E-state index in [1.807, 2.05) is 6.92 Å². The van der Waals surface area contributed by atoms with Crippen LogP contribution < -0.4 is 0 Å². The molecule has 0 bridgehead atoms. The number of carboxylic acids is 1. The smallest absolute Gasteiger partial charge is 0.303 e. The van der Waals surface area contributed by atoms with Crippen LogP contribution in [0, 0.1) is 17.0 Å². The van der Waals surface area contributed by atoms with E-state index < -0.39 is 10.9 Å². The van der Waals surface area contributed by atoms with Crippen LogP contribution in [0.4, 0.5) is 5.69 Å². The highest BCUT2D eigenvalue weighted by atomic mass is 16.6. The second kappa shape index (κ2) is 5.25. The monoisotopic (exact) mass is 223 g/mol. The highest BCUT2D eigenvalue weighted by molar-refractivity contribution is 5.66. The molecular formula is C11H13NO4. The maximum absolute atomic E-state index is 10.6. The van der Waals surface area contributed by atoms with Gasteiger partial charge in [-0.05, 0) is 30.9 Å². The zero-order valence-electron chi connectivity index (χ0n) is 8.97. The number of hydrogen-bond donors (Lipinski definition) is 1. The topological polar surface area (TPSA) is 80.4 Å². The first kappa shape index (κ1) is 12.2. The molecule has 1 aromatic rings. The Bertz CT molecular complexity index is 414. The first-order chi connectivity index (χ1) is 7.50. The third-order valence-corrected chi connectivity index (χ3v) is 2.38. The molecule has 0 atom stereocenters. The Morgan fingerprint density at radius 1 is 1.50 bits per heavy atom. The number of benzene rings is 1. The van der Waals surface area contributed by atoms with Crippen LogP contribution in [-0.4, -0.2) is 16.0 Å². The molecule has 0 aromatic heterocycles. The summed E-state index contributed by atoms with van der Waals surface area (Å²) in [5.74, 6) is -0.844. The van der Waals surface area contributed by atoms with Crippen LogP contribution >= 0.6 is 0 Å². The lowest BCUT2D eigenvalue weighted by Crippen LogP contribution is -1.98. The second-order valence-electron chi connectivity index (χ2n) is 3.62. The van der Waals surface area contributed by atoms with Crippen LogP contribution in [-0.2, 0) is 11.2 Å². The van der Waals surface area contributed by atoms with E-state index in [4.69, 9.17) is 5.11 Å². The SMILES string of the molecule is Cc1ccc([N+](=O)[O-])cc1CCCC(=O)O. The van der Waals surface area contributed by atoms with Gasteiger partial charge in [-0.1, -0.05) is 6.07 Å². The van der Waals surface area contributed by atoms with Crippen molar-refractivity contribution in [1.29, 1.82) is 0 Å². The van der Waals surface area contributed by atoms with E-state index >= 15 is 0 Å². The van der Waals surface area contributed by atoms with Crippen molar-refractivity contribution in [3.63, 3.8) is 0 Å². The van der Waals surface area contributed by atoms with Crippen molar-refractivity contribution in [3.8, 4) is 0 Å². The lowest BCUT2D eigenvalue weighted by Gasteiger charge is -2.04. The summed E-state index contributed by atoms with van der Waals surface area (Å²) in [6.07, 6.45) is 1.14. The highest BCUT2D eigenvalue weighted by Gasteiger charge is 2.08. The molecule has 86 valence electrons. The van der Waals surface area contributed by atoms with Crippen LogP contribution in [0.25, 0.3) is 0 Å². The second-order valence-corrected chi connectivity index (χ2v) is 3.62. The number of hydrogen-bond acceptors (Lipinski definition) is 3. The van der Waals surface area contributed by atoms with Gasteiger partial charge in [0.2, 0.25) is 0 Å². The van der Waals surface area contributed by atoms with E-state index in [-0.39, 0.29) is 12.1 Å². The normalized spacial score (nSPS) is 10.1. The number of aliphatic carboxylic acids is 1. The standard InChI is InChI=1S/C11H13NO4/c1-8-5-6-10(12(15)16)7-9(8)3-2-4-11(13)14/h5-7H,2-4H2,1H3,(H,13,14). The van der Waals surface area contributed by atoms with Gasteiger partial charge in [-0.3, -0.25) is 14.9 Å². The maximum atomic E-state index is 10.6. The predicted octanol–water partition coefficient (Wildman–Crippen LogP) is 2.31. The molecule has 0 aliphatic carbocycles. The van der Waals surface area contributed by atoms with E-state index in [1.54, 1.807) is 6.07 Å². The summed E-state index contributed by atoms with van der Waals surface area (Å²) in [5, 5.41) is 19.1. The molecule has 0 amide bonds. The number of rotatable bonds is 5. The summed E-state index contributed by atoms with van der Waals surface area (Å²) in [6, 6.07) is 4.65. The number of nitrogens with zero attached hydrogens (tertiary/aromatic N) is 1. The van der Waals surface area contributed by atoms with Crippen molar-refractivity contribution in [2.75, 3.05) is 0 Å². The van der Waals surface area contributed by atoms with E-state index in [9.17, 15) is 14.9 Å².